The second kappa shape index (κ2) is 10.4. The van der Waals surface area contributed by atoms with Crippen LogP contribution in [0.3, 0.4) is 0 Å². The van der Waals surface area contributed by atoms with Crippen molar-refractivity contribution in [2.75, 3.05) is 0 Å². The van der Waals surface area contributed by atoms with Crippen molar-refractivity contribution in [1.82, 2.24) is 4.72 Å². The molecule has 0 spiro atoms. The number of carbonyl (C=O) groups excluding carboxylic acids is 1. The molecule has 0 unspecified atom stereocenters. The Hall–Kier alpha value is -2.90. The summed E-state index contributed by atoms with van der Waals surface area (Å²) < 4.78 is 78.5. The summed E-state index contributed by atoms with van der Waals surface area (Å²) in [6, 6.07) is 5.47. The molecule has 33 heavy (non-hydrogen) atoms. The number of hydrogen-bond donors (Lipinski definition) is 4. The number of benzene rings is 2. The fourth-order valence-electron chi connectivity index (χ4n) is 2.77. The van der Waals surface area contributed by atoms with E-state index < -0.39 is 51.7 Å². The number of alkyl halides is 3. The number of oxime groups is 1. The largest absolute Gasteiger partial charge is 0.409 e. The number of primary amides is 1. The molecule has 2 rings (SSSR count). The Bertz CT molecular complexity index is 1170. The number of amides is 1. The lowest BCUT2D eigenvalue weighted by molar-refractivity contribution is -0.138. The number of carbonyl (C=O) groups is 1. The van der Waals surface area contributed by atoms with Crippen molar-refractivity contribution in [3.63, 3.8) is 0 Å². The highest BCUT2D eigenvalue weighted by Gasteiger charge is 2.32. The number of rotatable bonds is 9. The molecule has 1 atom stereocenters. The molecule has 0 aromatic heterocycles. The van der Waals surface area contributed by atoms with Gasteiger partial charge in [-0.25, -0.2) is 12.8 Å². The van der Waals surface area contributed by atoms with Crippen LogP contribution in [0.1, 0.15) is 29.5 Å². The maximum atomic E-state index is 14.3. The Morgan fingerprint density at radius 2 is 1.79 bits per heavy atom. The van der Waals surface area contributed by atoms with E-state index in [1.165, 1.54) is 18.2 Å². The first kappa shape index (κ1) is 26.4. The summed E-state index contributed by atoms with van der Waals surface area (Å²) >= 11 is 6.13. The summed E-state index contributed by atoms with van der Waals surface area (Å²) in [6.45, 7) is 0. The number of hydrogen-bond acceptors (Lipinski definition) is 5. The lowest BCUT2D eigenvalue weighted by Gasteiger charge is -2.17. The standard InChI is InChI=1S/C19H19ClF4N4O4S/c20-14-9-13(33(31,32)28-16(18(26)29)5-6-19(22,23)24)4-3-10(14)7-11-1-2-12(8-15(11)21)17(25)27-30/h1-4,8-9,16,28,30H,5-7H2,(H2,25,27)(H2,26,29)/t16-/m1/s1. The third-order valence-corrected chi connectivity index (χ3v) is 6.35. The van der Waals surface area contributed by atoms with Crippen LogP contribution in [0.2, 0.25) is 5.02 Å². The summed E-state index contributed by atoms with van der Waals surface area (Å²) in [6.07, 6.45) is -6.92. The molecule has 14 heteroatoms. The van der Waals surface area contributed by atoms with E-state index in [1.807, 2.05) is 4.72 Å². The normalized spacial score (nSPS) is 13.7. The van der Waals surface area contributed by atoms with Gasteiger partial charge in [0.15, 0.2) is 5.84 Å². The minimum absolute atomic E-state index is 0.0373. The molecule has 0 fully saturated rings. The lowest BCUT2D eigenvalue weighted by Crippen LogP contribution is -2.44. The van der Waals surface area contributed by atoms with Gasteiger partial charge in [-0.2, -0.15) is 17.9 Å². The molecule has 1 amide bonds. The van der Waals surface area contributed by atoms with Crippen LogP contribution in [0.25, 0.3) is 0 Å². The van der Waals surface area contributed by atoms with Gasteiger partial charge in [0.25, 0.3) is 0 Å². The predicted molar refractivity (Wildman–Crippen MR) is 112 cm³/mol. The van der Waals surface area contributed by atoms with E-state index in [4.69, 9.17) is 28.3 Å². The van der Waals surface area contributed by atoms with Gasteiger partial charge in [0.2, 0.25) is 15.9 Å². The molecular formula is C19H19ClF4N4O4S. The van der Waals surface area contributed by atoms with Crippen molar-refractivity contribution in [3.05, 3.63) is 63.9 Å². The number of nitrogens with two attached hydrogens (primary N) is 2. The highest BCUT2D eigenvalue weighted by molar-refractivity contribution is 7.89. The van der Waals surface area contributed by atoms with Crippen LogP contribution in [-0.4, -0.2) is 37.6 Å². The zero-order valence-electron chi connectivity index (χ0n) is 16.7. The first-order chi connectivity index (χ1) is 15.2. The predicted octanol–water partition coefficient (Wildman–Crippen LogP) is 2.64. The highest BCUT2D eigenvalue weighted by Crippen LogP contribution is 2.26. The van der Waals surface area contributed by atoms with Crippen molar-refractivity contribution < 1.29 is 36.0 Å². The topological polar surface area (TPSA) is 148 Å². The molecule has 2 aromatic rings. The van der Waals surface area contributed by atoms with Crippen LogP contribution in [-0.2, 0) is 21.2 Å². The average molecular weight is 511 g/mol. The summed E-state index contributed by atoms with van der Waals surface area (Å²) in [5, 5.41) is 11.4. The van der Waals surface area contributed by atoms with Crippen molar-refractivity contribution in [3.8, 4) is 0 Å². The van der Waals surface area contributed by atoms with Crippen molar-refractivity contribution in [1.29, 1.82) is 0 Å². The highest BCUT2D eigenvalue weighted by atomic mass is 35.5. The maximum absolute atomic E-state index is 14.3. The SMILES string of the molecule is NC(=O)[C@@H](CCC(F)(F)F)NS(=O)(=O)c1ccc(Cc2ccc(/C(N)=N/O)cc2F)c(Cl)c1. The van der Waals surface area contributed by atoms with Gasteiger partial charge in [-0.15, -0.1) is 0 Å². The van der Waals surface area contributed by atoms with Crippen LogP contribution in [0.4, 0.5) is 17.6 Å². The summed E-state index contributed by atoms with van der Waals surface area (Å²) in [7, 11) is -4.44. The number of sulfonamides is 1. The van der Waals surface area contributed by atoms with Gasteiger partial charge in [-0.3, -0.25) is 4.79 Å². The van der Waals surface area contributed by atoms with Gasteiger partial charge >= 0.3 is 6.18 Å². The van der Waals surface area contributed by atoms with Crippen molar-refractivity contribution in [2.24, 2.45) is 16.6 Å². The number of amidine groups is 1. The molecule has 0 aliphatic heterocycles. The molecule has 0 radical (unpaired) electrons. The Balaban J connectivity index is 2.23. The third-order valence-electron chi connectivity index (χ3n) is 4.53. The van der Waals surface area contributed by atoms with Crippen molar-refractivity contribution >= 4 is 33.4 Å². The number of nitrogens with one attached hydrogen (secondary N) is 1. The molecule has 6 N–H and O–H groups in total. The molecule has 0 aliphatic carbocycles. The molecule has 0 saturated heterocycles. The van der Waals surface area contributed by atoms with Crippen LogP contribution in [0.5, 0.6) is 0 Å². The van der Waals surface area contributed by atoms with Gasteiger partial charge in [-0.05, 0) is 35.7 Å². The Morgan fingerprint density at radius 3 is 2.30 bits per heavy atom. The van der Waals surface area contributed by atoms with Gasteiger partial charge in [0, 0.05) is 23.4 Å². The second-order valence-electron chi connectivity index (χ2n) is 6.95. The summed E-state index contributed by atoms with van der Waals surface area (Å²) in [4.78, 5) is 11.0. The van der Waals surface area contributed by atoms with E-state index in [0.717, 1.165) is 18.2 Å². The Labute approximate surface area is 191 Å². The van der Waals surface area contributed by atoms with Gasteiger partial charge in [0.05, 0.1) is 4.90 Å². The van der Waals surface area contributed by atoms with E-state index in [1.54, 1.807) is 0 Å². The molecular weight excluding hydrogens is 492 g/mol. The van der Waals surface area contributed by atoms with Gasteiger partial charge < -0.3 is 16.7 Å². The van der Waals surface area contributed by atoms with E-state index in [0.29, 0.717) is 5.56 Å². The minimum atomic E-state index is -4.60. The van der Waals surface area contributed by atoms with E-state index >= 15 is 0 Å². The van der Waals surface area contributed by atoms with Crippen LogP contribution in [0.15, 0.2) is 46.4 Å². The smallest absolute Gasteiger partial charge is 0.389 e. The Morgan fingerprint density at radius 1 is 1.15 bits per heavy atom. The first-order valence-electron chi connectivity index (χ1n) is 9.16. The fraction of sp³-hybridized carbons (Fsp3) is 0.263. The lowest BCUT2D eigenvalue weighted by atomic mass is 10.0. The first-order valence-corrected chi connectivity index (χ1v) is 11.0. The molecule has 8 nitrogen and oxygen atoms in total. The van der Waals surface area contributed by atoms with Crippen LogP contribution < -0.4 is 16.2 Å². The third kappa shape index (κ3) is 7.30. The number of nitrogens with zero attached hydrogens (tertiary/aromatic N) is 1. The monoisotopic (exact) mass is 510 g/mol. The van der Waals surface area contributed by atoms with Crippen LogP contribution in [0, 0.1) is 5.82 Å². The zero-order chi connectivity index (χ0) is 25.0. The van der Waals surface area contributed by atoms with E-state index in [9.17, 15) is 30.8 Å². The average Bonchev–Trinajstić information content (AvgIpc) is 2.72. The zero-order valence-corrected chi connectivity index (χ0v) is 18.3. The second-order valence-corrected chi connectivity index (χ2v) is 9.07. The van der Waals surface area contributed by atoms with E-state index in [-0.39, 0.29) is 28.4 Å². The fourth-order valence-corrected chi connectivity index (χ4v) is 4.35. The quantitative estimate of drug-likeness (QED) is 0.134. The molecule has 0 aliphatic rings. The van der Waals surface area contributed by atoms with Gasteiger partial charge in [0.1, 0.15) is 11.9 Å². The molecule has 180 valence electrons. The molecule has 0 heterocycles. The van der Waals surface area contributed by atoms with Crippen molar-refractivity contribution in [2.45, 2.75) is 36.4 Å². The molecule has 2 aromatic carbocycles. The van der Waals surface area contributed by atoms with E-state index in [2.05, 4.69) is 5.16 Å². The van der Waals surface area contributed by atoms with Crippen LogP contribution >= 0.6 is 11.6 Å². The Kier molecular flexibility index (Phi) is 8.27. The molecule has 0 bridgehead atoms. The summed E-state index contributed by atoms with van der Waals surface area (Å²) in [5.41, 5.74) is 11.1. The van der Waals surface area contributed by atoms with Gasteiger partial charge in [-0.1, -0.05) is 35.0 Å². The minimum Gasteiger partial charge on any atom is -0.409 e. The maximum Gasteiger partial charge on any atom is 0.389 e. The number of halogens is 5. The summed E-state index contributed by atoms with van der Waals surface area (Å²) in [5.74, 6) is -2.23. The molecule has 0 saturated carbocycles.